The summed E-state index contributed by atoms with van der Waals surface area (Å²) in [6.45, 7) is 0.421. The highest BCUT2D eigenvalue weighted by atomic mass is 16.5. The molecule has 5 nitrogen and oxygen atoms in total. The van der Waals surface area contributed by atoms with Crippen molar-refractivity contribution in [3.05, 3.63) is 53.6 Å². The van der Waals surface area contributed by atoms with Gasteiger partial charge in [-0.15, -0.1) is 0 Å². The minimum atomic E-state index is -0.282. The van der Waals surface area contributed by atoms with Crippen molar-refractivity contribution in [2.24, 2.45) is 0 Å². The summed E-state index contributed by atoms with van der Waals surface area (Å²) in [5.41, 5.74) is 8.23. The molecule has 0 aliphatic carbocycles. The van der Waals surface area contributed by atoms with Gasteiger partial charge in [-0.05, 0) is 24.3 Å². The van der Waals surface area contributed by atoms with Crippen molar-refractivity contribution in [1.29, 1.82) is 0 Å². The Hall–Kier alpha value is -2.53. The summed E-state index contributed by atoms with van der Waals surface area (Å²) < 4.78 is 10.2. The van der Waals surface area contributed by atoms with E-state index in [2.05, 4.69) is 5.32 Å². The topological polar surface area (TPSA) is 73.6 Å². The molecule has 2 aromatic carbocycles. The third-order valence-corrected chi connectivity index (χ3v) is 3.07. The number of methoxy groups -OCH3 is 2. The summed E-state index contributed by atoms with van der Waals surface area (Å²) in [5, 5.41) is 2.85. The van der Waals surface area contributed by atoms with Gasteiger partial charge in [-0.3, -0.25) is 4.79 Å². The van der Waals surface area contributed by atoms with Crippen LogP contribution >= 0.6 is 0 Å². The lowest BCUT2D eigenvalue weighted by atomic mass is 10.1. The van der Waals surface area contributed by atoms with Gasteiger partial charge < -0.3 is 20.5 Å². The van der Waals surface area contributed by atoms with E-state index in [1.54, 1.807) is 32.4 Å². The van der Waals surface area contributed by atoms with Crippen molar-refractivity contribution in [3.8, 4) is 5.75 Å². The predicted molar refractivity (Wildman–Crippen MR) is 82.5 cm³/mol. The molecule has 0 atom stereocenters. The summed E-state index contributed by atoms with van der Waals surface area (Å²) in [5.74, 6) is 0.300. The van der Waals surface area contributed by atoms with Gasteiger partial charge in [0.1, 0.15) is 5.75 Å². The first kappa shape index (κ1) is 14.9. The van der Waals surface area contributed by atoms with Gasteiger partial charge in [0, 0.05) is 24.0 Å². The van der Waals surface area contributed by atoms with Gasteiger partial charge in [-0.2, -0.15) is 0 Å². The van der Waals surface area contributed by atoms with Crippen LogP contribution in [0, 0.1) is 0 Å². The van der Waals surface area contributed by atoms with Crippen molar-refractivity contribution >= 4 is 17.3 Å². The largest absolute Gasteiger partial charge is 0.497 e. The van der Waals surface area contributed by atoms with Crippen LogP contribution in [-0.4, -0.2) is 20.1 Å². The van der Waals surface area contributed by atoms with E-state index in [1.807, 2.05) is 24.3 Å². The molecule has 0 saturated heterocycles. The van der Waals surface area contributed by atoms with Crippen LogP contribution in [-0.2, 0) is 11.3 Å². The SMILES string of the molecule is COCc1ccccc1NC(=O)c1cc(OC)ccc1N. The second kappa shape index (κ2) is 6.76. The Morgan fingerprint density at radius 2 is 1.95 bits per heavy atom. The van der Waals surface area contributed by atoms with Crippen LogP contribution < -0.4 is 15.8 Å². The van der Waals surface area contributed by atoms with Gasteiger partial charge >= 0.3 is 0 Å². The number of nitrogens with two attached hydrogens (primary N) is 1. The average Bonchev–Trinajstić information content (AvgIpc) is 2.50. The molecular formula is C16H18N2O3. The number of nitrogens with one attached hydrogen (secondary N) is 1. The molecule has 0 aliphatic rings. The van der Waals surface area contributed by atoms with Crippen LogP contribution in [0.2, 0.25) is 0 Å². The molecule has 2 rings (SSSR count). The summed E-state index contributed by atoms with van der Waals surface area (Å²) in [4.78, 5) is 12.4. The fourth-order valence-corrected chi connectivity index (χ4v) is 1.97. The van der Waals surface area contributed by atoms with Crippen molar-refractivity contribution < 1.29 is 14.3 Å². The summed E-state index contributed by atoms with van der Waals surface area (Å²) in [6.07, 6.45) is 0. The van der Waals surface area contributed by atoms with Gasteiger partial charge in [0.25, 0.3) is 5.91 Å². The van der Waals surface area contributed by atoms with Crippen LogP contribution in [0.5, 0.6) is 5.75 Å². The number of anilines is 2. The Labute approximate surface area is 123 Å². The van der Waals surface area contributed by atoms with Crippen molar-refractivity contribution in [2.45, 2.75) is 6.61 Å². The Bertz CT molecular complexity index is 641. The number of nitrogen functional groups attached to an aromatic ring is 1. The normalized spacial score (nSPS) is 10.2. The molecule has 2 aromatic rings. The third kappa shape index (κ3) is 3.52. The van der Waals surface area contributed by atoms with Crippen molar-refractivity contribution in [2.75, 3.05) is 25.3 Å². The quantitative estimate of drug-likeness (QED) is 0.829. The molecule has 1 amide bonds. The zero-order valence-corrected chi connectivity index (χ0v) is 12.1. The molecule has 0 unspecified atom stereocenters. The second-order valence-electron chi connectivity index (χ2n) is 4.50. The third-order valence-electron chi connectivity index (χ3n) is 3.07. The summed E-state index contributed by atoms with van der Waals surface area (Å²) in [7, 11) is 3.15. The Morgan fingerprint density at radius 1 is 1.19 bits per heavy atom. The van der Waals surface area contributed by atoms with Gasteiger partial charge in [0.2, 0.25) is 0 Å². The molecule has 0 saturated carbocycles. The maximum Gasteiger partial charge on any atom is 0.257 e. The number of rotatable bonds is 5. The maximum absolute atomic E-state index is 12.4. The van der Waals surface area contributed by atoms with Gasteiger partial charge in [-0.1, -0.05) is 18.2 Å². The zero-order valence-electron chi connectivity index (χ0n) is 12.1. The van der Waals surface area contributed by atoms with E-state index in [4.69, 9.17) is 15.2 Å². The molecule has 0 radical (unpaired) electrons. The lowest BCUT2D eigenvalue weighted by Crippen LogP contribution is -2.15. The molecule has 0 aliphatic heterocycles. The Balaban J connectivity index is 2.26. The van der Waals surface area contributed by atoms with Crippen LogP contribution in [0.15, 0.2) is 42.5 Å². The van der Waals surface area contributed by atoms with Crippen LogP contribution in [0.4, 0.5) is 11.4 Å². The minimum absolute atomic E-state index is 0.282. The number of para-hydroxylation sites is 1. The monoisotopic (exact) mass is 286 g/mol. The standard InChI is InChI=1S/C16H18N2O3/c1-20-10-11-5-3-4-6-15(11)18-16(19)13-9-12(21-2)7-8-14(13)17/h3-9H,10,17H2,1-2H3,(H,18,19). The highest BCUT2D eigenvalue weighted by Gasteiger charge is 2.13. The Morgan fingerprint density at radius 3 is 2.67 bits per heavy atom. The summed E-state index contributed by atoms with van der Waals surface area (Å²) >= 11 is 0. The maximum atomic E-state index is 12.4. The first-order valence-corrected chi connectivity index (χ1v) is 6.47. The molecule has 0 fully saturated rings. The molecule has 0 aromatic heterocycles. The van der Waals surface area contributed by atoms with E-state index in [0.29, 0.717) is 29.3 Å². The highest BCUT2D eigenvalue weighted by molar-refractivity contribution is 6.08. The van der Waals surface area contributed by atoms with E-state index in [0.717, 1.165) is 5.56 Å². The Kier molecular flexibility index (Phi) is 4.79. The molecular weight excluding hydrogens is 268 g/mol. The molecule has 0 heterocycles. The number of hydrogen-bond acceptors (Lipinski definition) is 4. The van der Waals surface area contributed by atoms with E-state index in [9.17, 15) is 4.79 Å². The zero-order chi connectivity index (χ0) is 15.2. The van der Waals surface area contributed by atoms with Crippen LogP contribution in [0.3, 0.4) is 0 Å². The molecule has 0 bridgehead atoms. The van der Waals surface area contributed by atoms with Gasteiger partial charge in [-0.25, -0.2) is 0 Å². The molecule has 5 heteroatoms. The second-order valence-corrected chi connectivity index (χ2v) is 4.50. The van der Waals surface area contributed by atoms with Crippen LogP contribution in [0.1, 0.15) is 15.9 Å². The summed E-state index contributed by atoms with van der Waals surface area (Å²) in [6, 6.07) is 12.4. The van der Waals surface area contributed by atoms with Crippen molar-refractivity contribution in [3.63, 3.8) is 0 Å². The number of amides is 1. The molecule has 21 heavy (non-hydrogen) atoms. The number of hydrogen-bond donors (Lipinski definition) is 2. The number of carbonyl (C=O) groups excluding carboxylic acids is 1. The predicted octanol–water partition coefficient (Wildman–Crippen LogP) is 2.68. The lowest BCUT2D eigenvalue weighted by molar-refractivity contribution is 0.102. The van der Waals surface area contributed by atoms with E-state index < -0.39 is 0 Å². The molecule has 0 spiro atoms. The fraction of sp³-hybridized carbons (Fsp3) is 0.188. The number of benzene rings is 2. The molecule has 3 N–H and O–H groups in total. The first-order valence-electron chi connectivity index (χ1n) is 6.47. The van der Waals surface area contributed by atoms with E-state index in [-0.39, 0.29) is 5.91 Å². The van der Waals surface area contributed by atoms with E-state index in [1.165, 1.54) is 0 Å². The minimum Gasteiger partial charge on any atom is -0.497 e. The van der Waals surface area contributed by atoms with Gasteiger partial charge in [0.05, 0.1) is 19.3 Å². The fourth-order valence-electron chi connectivity index (χ4n) is 1.97. The van der Waals surface area contributed by atoms with Crippen LogP contribution in [0.25, 0.3) is 0 Å². The van der Waals surface area contributed by atoms with E-state index >= 15 is 0 Å². The first-order chi connectivity index (χ1) is 10.2. The van der Waals surface area contributed by atoms with Gasteiger partial charge in [0.15, 0.2) is 0 Å². The average molecular weight is 286 g/mol. The number of ether oxygens (including phenoxy) is 2. The smallest absolute Gasteiger partial charge is 0.257 e. The van der Waals surface area contributed by atoms with Crippen molar-refractivity contribution in [1.82, 2.24) is 0 Å². The molecule has 110 valence electrons. The number of carbonyl (C=O) groups is 1. The lowest BCUT2D eigenvalue weighted by Gasteiger charge is -2.12. The highest BCUT2D eigenvalue weighted by Crippen LogP contribution is 2.22.